The molecule has 3 N–H and O–H groups in total. The summed E-state index contributed by atoms with van der Waals surface area (Å²) in [6.45, 7) is 2.19. The molecular weight excluding hydrogens is 220 g/mol. The van der Waals surface area contributed by atoms with Gasteiger partial charge in [0.05, 0.1) is 0 Å². The minimum Gasteiger partial charge on any atom is -0.323 e. The molecule has 1 unspecified atom stereocenters. The van der Waals surface area contributed by atoms with Crippen molar-refractivity contribution >= 4 is 11.6 Å². The third kappa shape index (κ3) is 1.48. The molecule has 1 aromatic carbocycles. The van der Waals surface area contributed by atoms with Crippen LogP contribution in [0.3, 0.4) is 0 Å². The highest BCUT2D eigenvalue weighted by Crippen LogP contribution is 2.50. The van der Waals surface area contributed by atoms with Gasteiger partial charge in [0.15, 0.2) is 0 Å². The number of hydrogen-bond donors (Lipinski definition) is 2. The largest absolute Gasteiger partial charge is 0.323 e. The predicted molar refractivity (Wildman–Crippen MR) is 66.6 cm³/mol. The number of benzene rings is 1. The second kappa shape index (κ2) is 3.73. The Kier molecular flexibility index (Phi) is 2.46. The van der Waals surface area contributed by atoms with Crippen molar-refractivity contribution in [3.05, 3.63) is 34.3 Å². The molecule has 0 aromatic heterocycles. The van der Waals surface area contributed by atoms with Gasteiger partial charge in [0.2, 0.25) is 0 Å². The molecule has 0 amide bonds. The molecule has 1 fully saturated rings. The van der Waals surface area contributed by atoms with E-state index in [0.717, 1.165) is 24.5 Å². The van der Waals surface area contributed by atoms with Crippen LogP contribution in [-0.4, -0.2) is 13.1 Å². The first-order valence-corrected chi connectivity index (χ1v) is 6.34. The Balaban J connectivity index is 1.98. The third-order valence-corrected chi connectivity index (χ3v) is 4.48. The Labute approximate surface area is 101 Å². The highest BCUT2D eigenvalue weighted by molar-refractivity contribution is 6.30. The molecule has 2 nitrogen and oxygen atoms in total. The summed E-state index contributed by atoms with van der Waals surface area (Å²) >= 11 is 6.05. The summed E-state index contributed by atoms with van der Waals surface area (Å²) in [7, 11) is 0. The molecule has 3 rings (SSSR count). The molecule has 1 aromatic rings. The lowest BCUT2D eigenvalue weighted by molar-refractivity contribution is 0.174. The summed E-state index contributed by atoms with van der Waals surface area (Å²) < 4.78 is 0. The minimum atomic E-state index is 0.196. The standard InChI is InChI=1S/C13H17ClN2/c14-10-1-2-11-9(7-10)8-13(12(11)15)3-5-16-6-4-13/h1-2,7,12,16H,3-6,8,15H2. The van der Waals surface area contributed by atoms with Gasteiger partial charge in [-0.3, -0.25) is 0 Å². The summed E-state index contributed by atoms with van der Waals surface area (Å²) in [6.07, 6.45) is 3.46. The predicted octanol–water partition coefficient (Wildman–Crippen LogP) is 2.27. The quantitative estimate of drug-likeness (QED) is 0.725. The lowest BCUT2D eigenvalue weighted by atomic mass is 9.73. The van der Waals surface area contributed by atoms with Crippen LogP contribution in [0.25, 0.3) is 0 Å². The van der Waals surface area contributed by atoms with Crippen LogP contribution in [0.1, 0.15) is 30.0 Å². The maximum atomic E-state index is 6.44. The van der Waals surface area contributed by atoms with E-state index in [2.05, 4.69) is 17.4 Å². The summed E-state index contributed by atoms with van der Waals surface area (Å²) in [5.74, 6) is 0. The van der Waals surface area contributed by atoms with Crippen molar-refractivity contribution in [2.45, 2.75) is 25.3 Å². The summed E-state index contributed by atoms with van der Waals surface area (Å²) in [5.41, 5.74) is 9.40. The van der Waals surface area contributed by atoms with Crippen LogP contribution in [0.15, 0.2) is 18.2 Å². The number of rotatable bonds is 0. The fourth-order valence-corrected chi connectivity index (χ4v) is 3.46. The molecule has 1 aliphatic heterocycles. The molecule has 0 saturated carbocycles. The van der Waals surface area contributed by atoms with Gasteiger partial charge in [-0.2, -0.15) is 0 Å². The lowest BCUT2D eigenvalue weighted by Crippen LogP contribution is -2.41. The zero-order valence-electron chi connectivity index (χ0n) is 9.30. The fraction of sp³-hybridized carbons (Fsp3) is 0.538. The maximum absolute atomic E-state index is 6.44. The van der Waals surface area contributed by atoms with Crippen molar-refractivity contribution in [1.82, 2.24) is 5.32 Å². The van der Waals surface area contributed by atoms with Crippen LogP contribution in [0.5, 0.6) is 0 Å². The molecule has 3 heteroatoms. The monoisotopic (exact) mass is 236 g/mol. The van der Waals surface area contributed by atoms with E-state index in [9.17, 15) is 0 Å². The van der Waals surface area contributed by atoms with Crippen LogP contribution in [-0.2, 0) is 6.42 Å². The Morgan fingerprint density at radius 1 is 1.31 bits per heavy atom. The average Bonchev–Trinajstić information content (AvgIpc) is 2.53. The molecule has 1 aliphatic carbocycles. The highest BCUT2D eigenvalue weighted by atomic mass is 35.5. The van der Waals surface area contributed by atoms with Crippen molar-refractivity contribution in [2.24, 2.45) is 11.1 Å². The fourth-order valence-electron chi connectivity index (χ4n) is 3.26. The Morgan fingerprint density at radius 3 is 2.81 bits per heavy atom. The van der Waals surface area contributed by atoms with Gasteiger partial charge in [-0.05, 0) is 61.0 Å². The van der Waals surface area contributed by atoms with E-state index in [4.69, 9.17) is 17.3 Å². The van der Waals surface area contributed by atoms with Crippen molar-refractivity contribution in [3.8, 4) is 0 Å². The Bertz CT molecular complexity index is 410. The molecule has 16 heavy (non-hydrogen) atoms. The summed E-state index contributed by atoms with van der Waals surface area (Å²) in [4.78, 5) is 0. The smallest absolute Gasteiger partial charge is 0.0408 e. The van der Waals surface area contributed by atoms with Gasteiger partial charge in [0, 0.05) is 11.1 Å². The van der Waals surface area contributed by atoms with Crippen LogP contribution in [0.4, 0.5) is 0 Å². The molecule has 2 aliphatic rings. The van der Waals surface area contributed by atoms with E-state index in [1.54, 1.807) is 0 Å². The Morgan fingerprint density at radius 2 is 2.06 bits per heavy atom. The number of nitrogens with one attached hydrogen (secondary N) is 1. The van der Waals surface area contributed by atoms with E-state index in [1.807, 2.05) is 6.07 Å². The van der Waals surface area contributed by atoms with Crippen molar-refractivity contribution in [1.29, 1.82) is 0 Å². The molecule has 1 heterocycles. The van der Waals surface area contributed by atoms with Gasteiger partial charge in [0.1, 0.15) is 0 Å². The molecular formula is C13H17ClN2. The lowest BCUT2D eigenvalue weighted by Gasteiger charge is -2.37. The number of piperidine rings is 1. The Hall–Kier alpha value is -0.570. The third-order valence-electron chi connectivity index (χ3n) is 4.24. The van der Waals surface area contributed by atoms with Crippen molar-refractivity contribution < 1.29 is 0 Å². The average molecular weight is 237 g/mol. The second-order valence-electron chi connectivity index (χ2n) is 5.11. The minimum absolute atomic E-state index is 0.196. The number of fused-ring (bicyclic) bond motifs is 1. The van der Waals surface area contributed by atoms with Crippen molar-refractivity contribution in [3.63, 3.8) is 0 Å². The first-order valence-electron chi connectivity index (χ1n) is 5.96. The van der Waals surface area contributed by atoms with Crippen LogP contribution in [0.2, 0.25) is 5.02 Å². The SMILES string of the molecule is NC1c2ccc(Cl)cc2CC12CCNCC2. The zero-order valence-corrected chi connectivity index (χ0v) is 10.1. The molecule has 1 atom stereocenters. The van der Waals surface area contributed by atoms with Crippen molar-refractivity contribution in [2.75, 3.05) is 13.1 Å². The van der Waals surface area contributed by atoms with E-state index < -0.39 is 0 Å². The second-order valence-corrected chi connectivity index (χ2v) is 5.55. The van der Waals surface area contributed by atoms with Gasteiger partial charge < -0.3 is 11.1 Å². The van der Waals surface area contributed by atoms with Crippen LogP contribution >= 0.6 is 11.6 Å². The molecule has 0 radical (unpaired) electrons. The molecule has 1 saturated heterocycles. The summed E-state index contributed by atoms with van der Waals surface area (Å²) in [6, 6.07) is 6.36. The van der Waals surface area contributed by atoms with E-state index in [0.29, 0.717) is 0 Å². The highest BCUT2D eigenvalue weighted by Gasteiger charge is 2.44. The first-order chi connectivity index (χ1) is 7.71. The van der Waals surface area contributed by atoms with Gasteiger partial charge >= 0.3 is 0 Å². The number of halogens is 1. The maximum Gasteiger partial charge on any atom is 0.0408 e. The van der Waals surface area contributed by atoms with Crippen LogP contribution < -0.4 is 11.1 Å². The molecule has 86 valence electrons. The van der Waals surface area contributed by atoms with E-state index in [1.165, 1.54) is 24.0 Å². The number of hydrogen-bond acceptors (Lipinski definition) is 2. The number of nitrogens with two attached hydrogens (primary N) is 1. The summed E-state index contributed by atoms with van der Waals surface area (Å²) in [5, 5.41) is 4.24. The zero-order chi connectivity index (χ0) is 11.2. The van der Waals surface area contributed by atoms with E-state index >= 15 is 0 Å². The first kappa shape index (κ1) is 10.6. The molecule has 1 spiro atoms. The van der Waals surface area contributed by atoms with Gasteiger partial charge in [-0.15, -0.1) is 0 Å². The topological polar surface area (TPSA) is 38.0 Å². The van der Waals surface area contributed by atoms with Crippen LogP contribution in [0, 0.1) is 5.41 Å². The van der Waals surface area contributed by atoms with Gasteiger partial charge in [0.25, 0.3) is 0 Å². The van der Waals surface area contributed by atoms with E-state index in [-0.39, 0.29) is 11.5 Å². The normalized spacial score (nSPS) is 27.0. The van der Waals surface area contributed by atoms with Gasteiger partial charge in [-0.25, -0.2) is 0 Å². The molecule has 0 bridgehead atoms. The van der Waals surface area contributed by atoms with Gasteiger partial charge in [-0.1, -0.05) is 17.7 Å².